The Morgan fingerprint density at radius 3 is 2.61 bits per heavy atom. The number of aromatic nitrogens is 1. The van der Waals surface area contributed by atoms with E-state index in [1.165, 1.54) is 0 Å². The Balaban J connectivity index is 2.03. The van der Waals surface area contributed by atoms with Gasteiger partial charge in [-0.25, -0.2) is 13.4 Å². The minimum Gasteiger partial charge on any atom is -0.380 e. The maximum Gasteiger partial charge on any atom is 0.192 e. The predicted octanol–water partition coefficient (Wildman–Crippen LogP) is 0.990. The summed E-state index contributed by atoms with van der Waals surface area (Å²) in [5, 5.41) is 3.50. The summed E-state index contributed by atoms with van der Waals surface area (Å²) in [6.45, 7) is 3.20. The lowest BCUT2D eigenvalue weighted by atomic mass is 10.2. The van der Waals surface area contributed by atoms with Crippen LogP contribution in [0.1, 0.15) is 13.3 Å². The van der Waals surface area contributed by atoms with Crippen LogP contribution in [0.25, 0.3) is 0 Å². The molecule has 1 aliphatic rings. The van der Waals surface area contributed by atoms with Crippen molar-refractivity contribution < 1.29 is 8.42 Å². The molecule has 1 saturated heterocycles. The quantitative estimate of drug-likeness (QED) is 0.886. The molecule has 0 radical (unpaired) electrons. The molecule has 2 heterocycles. The van der Waals surface area contributed by atoms with Crippen molar-refractivity contribution >= 4 is 15.5 Å². The van der Waals surface area contributed by atoms with Gasteiger partial charge in [-0.2, -0.15) is 0 Å². The van der Waals surface area contributed by atoms with Crippen LogP contribution in [0.5, 0.6) is 0 Å². The van der Waals surface area contributed by atoms with Crippen molar-refractivity contribution in [2.45, 2.75) is 30.5 Å². The van der Waals surface area contributed by atoms with E-state index < -0.39 is 9.84 Å². The number of nitrogens with zero attached hydrogens (tertiary/aromatic N) is 2. The third-order valence-electron chi connectivity index (χ3n) is 3.37. The molecule has 1 aliphatic heterocycles. The lowest BCUT2D eigenvalue weighted by molar-refractivity contribution is 0.330. The van der Waals surface area contributed by atoms with Crippen molar-refractivity contribution in [1.82, 2.24) is 9.88 Å². The van der Waals surface area contributed by atoms with Gasteiger partial charge in [0.2, 0.25) is 0 Å². The highest BCUT2D eigenvalue weighted by Crippen LogP contribution is 2.19. The average Bonchev–Trinajstić information content (AvgIpc) is 2.57. The summed E-state index contributed by atoms with van der Waals surface area (Å²) in [6, 6.07) is 4.29. The van der Waals surface area contributed by atoms with E-state index in [0.29, 0.717) is 12.1 Å². The van der Waals surface area contributed by atoms with Crippen molar-refractivity contribution in [3.63, 3.8) is 0 Å². The fourth-order valence-electron chi connectivity index (χ4n) is 2.22. The average molecular weight is 269 g/mol. The second-order valence-corrected chi connectivity index (χ2v) is 6.99. The highest BCUT2D eigenvalue weighted by Gasteiger charge is 2.25. The van der Waals surface area contributed by atoms with E-state index in [0.717, 1.165) is 24.9 Å². The molecule has 2 unspecified atom stereocenters. The fourth-order valence-corrected chi connectivity index (χ4v) is 2.78. The molecule has 0 spiro atoms. The third kappa shape index (κ3) is 3.00. The largest absolute Gasteiger partial charge is 0.380 e. The summed E-state index contributed by atoms with van der Waals surface area (Å²) in [4.78, 5) is 6.27. The molecule has 6 heteroatoms. The van der Waals surface area contributed by atoms with Crippen LogP contribution in [0.3, 0.4) is 0 Å². The summed E-state index contributed by atoms with van der Waals surface area (Å²) in [6.07, 6.45) is 3.83. The van der Waals surface area contributed by atoms with Crippen LogP contribution in [-0.4, -0.2) is 50.2 Å². The van der Waals surface area contributed by atoms with Crippen LogP contribution in [0.4, 0.5) is 5.69 Å². The van der Waals surface area contributed by atoms with Gasteiger partial charge < -0.3 is 10.2 Å². The zero-order valence-electron chi connectivity index (χ0n) is 10.9. The van der Waals surface area contributed by atoms with Gasteiger partial charge in [-0.15, -0.1) is 0 Å². The molecule has 18 heavy (non-hydrogen) atoms. The molecule has 1 aromatic rings. The number of sulfone groups is 1. The van der Waals surface area contributed by atoms with Crippen molar-refractivity contribution in [2.75, 3.05) is 25.2 Å². The van der Waals surface area contributed by atoms with Gasteiger partial charge in [0, 0.05) is 24.9 Å². The van der Waals surface area contributed by atoms with Crippen LogP contribution in [0, 0.1) is 0 Å². The van der Waals surface area contributed by atoms with E-state index in [1.54, 1.807) is 18.3 Å². The first-order valence-corrected chi connectivity index (χ1v) is 7.88. The molecular weight excluding hydrogens is 250 g/mol. The van der Waals surface area contributed by atoms with Gasteiger partial charge in [0.05, 0.1) is 11.9 Å². The smallest absolute Gasteiger partial charge is 0.192 e. The third-order valence-corrected chi connectivity index (χ3v) is 4.37. The Kier molecular flexibility index (Phi) is 3.59. The van der Waals surface area contributed by atoms with Crippen molar-refractivity contribution in [3.05, 3.63) is 18.3 Å². The van der Waals surface area contributed by atoms with Gasteiger partial charge in [0.15, 0.2) is 14.9 Å². The lowest BCUT2D eigenvalue weighted by Gasteiger charge is -2.14. The molecule has 1 N–H and O–H groups in total. The maximum absolute atomic E-state index is 11.3. The number of likely N-dealkylation sites (tertiary alicyclic amines) is 1. The number of likely N-dealkylation sites (N-methyl/N-ethyl adjacent to an activating group) is 1. The molecular formula is C12H19N3O2S. The second-order valence-electron chi connectivity index (χ2n) is 5.02. The van der Waals surface area contributed by atoms with Crippen LogP contribution in [-0.2, 0) is 9.84 Å². The highest BCUT2D eigenvalue weighted by molar-refractivity contribution is 7.90. The van der Waals surface area contributed by atoms with Crippen molar-refractivity contribution in [3.8, 4) is 0 Å². The first kappa shape index (κ1) is 13.3. The number of pyridine rings is 1. The van der Waals surface area contributed by atoms with E-state index >= 15 is 0 Å². The lowest BCUT2D eigenvalue weighted by Crippen LogP contribution is -2.24. The van der Waals surface area contributed by atoms with Crippen molar-refractivity contribution in [2.24, 2.45) is 0 Å². The molecule has 0 amide bonds. The van der Waals surface area contributed by atoms with Gasteiger partial charge in [0.1, 0.15) is 0 Å². The monoisotopic (exact) mass is 269 g/mol. The standard InChI is InChI=1S/C12H19N3O2S/c1-9-6-11(8-15(9)2)14-10-4-5-12(13-7-10)18(3,16)17/h4-5,7,9,11,14H,6,8H2,1-3H3. The minimum absolute atomic E-state index is 0.116. The van der Waals surface area contributed by atoms with Crippen LogP contribution in [0.2, 0.25) is 0 Å². The predicted molar refractivity (Wildman–Crippen MR) is 71.5 cm³/mol. The normalized spacial score (nSPS) is 25.3. The Morgan fingerprint density at radius 2 is 2.17 bits per heavy atom. The maximum atomic E-state index is 11.3. The van der Waals surface area contributed by atoms with E-state index in [9.17, 15) is 8.42 Å². The molecule has 0 saturated carbocycles. The van der Waals surface area contributed by atoms with Crippen molar-refractivity contribution in [1.29, 1.82) is 0 Å². The van der Waals surface area contributed by atoms with E-state index in [-0.39, 0.29) is 5.03 Å². The van der Waals surface area contributed by atoms with Gasteiger partial charge in [-0.3, -0.25) is 0 Å². The summed E-state index contributed by atoms with van der Waals surface area (Å²) < 4.78 is 22.6. The summed E-state index contributed by atoms with van der Waals surface area (Å²) in [7, 11) is -1.10. The molecule has 0 aliphatic carbocycles. The van der Waals surface area contributed by atoms with Crippen LogP contribution in [0.15, 0.2) is 23.4 Å². The second kappa shape index (κ2) is 4.85. The minimum atomic E-state index is -3.21. The SMILES string of the molecule is CC1CC(Nc2ccc(S(C)(=O)=O)nc2)CN1C. The molecule has 100 valence electrons. The van der Waals surface area contributed by atoms with Gasteiger partial charge >= 0.3 is 0 Å². The van der Waals surface area contributed by atoms with E-state index in [2.05, 4.69) is 29.2 Å². The Hall–Kier alpha value is -1.14. The number of nitrogens with one attached hydrogen (secondary N) is 1. The number of rotatable bonds is 3. The van der Waals surface area contributed by atoms with E-state index in [4.69, 9.17) is 0 Å². The zero-order valence-corrected chi connectivity index (χ0v) is 11.7. The molecule has 2 rings (SSSR count). The van der Waals surface area contributed by atoms with Gasteiger partial charge in [0.25, 0.3) is 0 Å². The van der Waals surface area contributed by atoms with E-state index in [1.807, 2.05) is 0 Å². The first-order valence-electron chi connectivity index (χ1n) is 5.99. The van der Waals surface area contributed by atoms with Gasteiger partial charge in [-0.05, 0) is 32.5 Å². The number of hydrogen-bond acceptors (Lipinski definition) is 5. The molecule has 5 nitrogen and oxygen atoms in total. The van der Waals surface area contributed by atoms with Gasteiger partial charge in [-0.1, -0.05) is 0 Å². The summed E-state index contributed by atoms with van der Waals surface area (Å²) in [5.41, 5.74) is 0.870. The molecule has 1 fully saturated rings. The van der Waals surface area contributed by atoms with Crippen LogP contribution < -0.4 is 5.32 Å². The first-order chi connectivity index (χ1) is 8.36. The fraction of sp³-hybridized carbons (Fsp3) is 0.583. The molecule has 0 aromatic carbocycles. The Labute approximate surface area is 108 Å². The summed E-state index contributed by atoms with van der Waals surface area (Å²) in [5.74, 6) is 0. The van der Waals surface area contributed by atoms with Crippen LogP contribution >= 0.6 is 0 Å². The molecule has 0 bridgehead atoms. The summed E-state index contributed by atoms with van der Waals surface area (Å²) >= 11 is 0. The Bertz CT molecular complexity index is 503. The zero-order chi connectivity index (χ0) is 13.3. The number of hydrogen-bond donors (Lipinski definition) is 1. The molecule has 1 aromatic heterocycles. The topological polar surface area (TPSA) is 62.3 Å². The number of anilines is 1. The Morgan fingerprint density at radius 1 is 1.44 bits per heavy atom. The molecule has 2 atom stereocenters. The highest BCUT2D eigenvalue weighted by atomic mass is 32.2.